The van der Waals surface area contributed by atoms with Crippen molar-refractivity contribution in [1.29, 1.82) is 0 Å². The van der Waals surface area contributed by atoms with E-state index >= 15 is 0 Å². The summed E-state index contributed by atoms with van der Waals surface area (Å²) in [4.78, 5) is 0. The van der Waals surface area contributed by atoms with Gasteiger partial charge in [0.2, 0.25) is 0 Å². The molecule has 0 bridgehead atoms. The maximum atomic E-state index is 13.9. The third-order valence-electron chi connectivity index (χ3n) is 5.51. The fourth-order valence-electron chi connectivity index (χ4n) is 3.96. The van der Waals surface area contributed by atoms with Gasteiger partial charge in [-0.3, -0.25) is 0 Å². The third-order valence-corrected chi connectivity index (χ3v) is 5.51. The first-order valence-electron chi connectivity index (χ1n) is 9.91. The van der Waals surface area contributed by atoms with Gasteiger partial charge >= 0.3 is 0 Å². The molecule has 0 spiro atoms. The molecule has 2 nitrogen and oxygen atoms in total. The molecule has 27 heavy (non-hydrogen) atoms. The quantitative estimate of drug-likeness (QED) is 0.582. The molecule has 0 aliphatic heterocycles. The first-order valence-corrected chi connectivity index (χ1v) is 9.91. The molecule has 1 saturated carbocycles. The van der Waals surface area contributed by atoms with Crippen LogP contribution in [0.4, 0.5) is 4.39 Å². The summed E-state index contributed by atoms with van der Waals surface area (Å²) < 4.78 is 20.0. The van der Waals surface area contributed by atoms with E-state index in [2.05, 4.69) is 35.6 Å². The standard InChI is InChI=1S/C24H26FNO/c25-23-13-7-5-9-19(23)17-27-24-15-14-18-8-4-6-12-21(18)22(24)16-26-20-10-2-1-3-11-20/h4-9,12-15,20,26H,1-3,10-11,16-17H2. The molecular formula is C24H26FNO. The monoisotopic (exact) mass is 363 g/mol. The van der Waals surface area contributed by atoms with Crippen LogP contribution in [0.3, 0.4) is 0 Å². The van der Waals surface area contributed by atoms with E-state index in [1.54, 1.807) is 12.1 Å². The van der Waals surface area contributed by atoms with Gasteiger partial charge in [0, 0.05) is 23.7 Å². The summed E-state index contributed by atoms with van der Waals surface area (Å²) in [5.74, 6) is 0.612. The van der Waals surface area contributed by atoms with Crippen LogP contribution in [0.25, 0.3) is 10.8 Å². The topological polar surface area (TPSA) is 21.3 Å². The second-order valence-electron chi connectivity index (χ2n) is 7.36. The molecule has 140 valence electrons. The van der Waals surface area contributed by atoms with Gasteiger partial charge in [0.05, 0.1) is 0 Å². The van der Waals surface area contributed by atoms with Crippen molar-refractivity contribution < 1.29 is 9.13 Å². The minimum atomic E-state index is -0.222. The maximum Gasteiger partial charge on any atom is 0.129 e. The van der Waals surface area contributed by atoms with E-state index in [0.29, 0.717) is 11.6 Å². The lowest BCUT2D eigenvalue weighted by Gasteiger charge is -2.24. The highest BCUT2D eigenvalue weighted by atomic mass is 19.1. The Labute approximate surface area is 160 Å². The van der Waals surface area contributed by atoms with Crippen LogP contribution >= 0.6 is 0 Å². The molecule has 0 heterocycles. The molecule has 3 heteroatoms. The van der Waals surface area contributed by atoms with E-state index in [1.165, 1.54) is 48.9 Å². The number of benzene rings is 3. The molecule has 1 fully saturated rings. The van der Waals surface area contributed by atoms with E-state index in [1.807, 2.05) is 12.1 Å². The number of halogens is 1. The van der Waals surface area contributed by atoms with Gasteiger partial charge < -0.3 is 10.1 Å². The fraction of sp³-hybridized carbons (Fsp3) is 0.333. The van der Waals surface area contributed by atoms with E-state index in [-0.39, 0.29) is 12.4 Å². The largest absolute Gasteiger partial charge is 0.488 e. The summed E-state index contributed by atoms with van der Waals surface area (Å²) in [7, 11) is 0. The van der Waals surface area contributed by atoms with Crippen molar-refractivity contribution >= 4 is 10.8 Å². The molecule has 3 aromatic rings. The van der Waals surface area contributed by atoms with E-state index in [4.69, 9.17) is 4.74 Å². The molecule has 1 aliphatic rings. The lowest BCUT2D eigenvalue weighted by Crippen LogP contribution is -2.30. The van der Waals surface area contributed by atoms with Gasteiger partial charge in [-0.05, 0) is 35.7 Å². The summed E-state index contributed by atoms with van der Waals surface area (Å²) in [6.07, 6.45) is 6.46. The number of nitrogens with one attached hydrogen (secondary N) is 1. The molecule has 0 atom stereocenters. The van der Waals surface area contributed by atoms with Crippen molar-refractivity contribution in [1.82, 2.24) is 5.32 Å². The molecule has 1 N–H and O–H groups in total. The van der Waals surface area contributed by atoms with E-state index in [0.717, 1.165) is 17.9 Å². The molecule has 0 unspecified atom stereocenters. The SMILES string of the molecule is Fc1ccccc1COc1ccc2ccccc2c1CNC1CCCCC1. The first-order chi connectivity index (χ1) is 13.3. The van der Waals surface area contributed by atoms with Crippen LogP contribution in [-0.4, -0.2) is 6.04 Å². The van der Waals surface area contributed by atoms with Gasteiger partial charge in [-0.25, -0.2) is 4.39 Å². The first kappa shape index (κ1) is 18.0. The van der Waals surface area contributed by atoms with Gasteiger partial charge in [0.25, 0.3) is 0 Å². The van der Waals surface area contributed by atoms with E-state index in [9.17, 15) is 4.39 Å². The lowest BCUT2D eigenvalue weighted by atomic mass is 9.95. The number of hydrogen-bond acceptors (Lipinski definition) is 2. The Morgan fingerprint density at radius 2 is 1.67 bits per heavy atom. The van der Waals surface area contributed by atoms with Crippen molar-refractivity contribution in [2.75, 3.05) is 0 Å². The number of ether oxygens (including phenoxy) is 1. The van der Waals surface area contributed by atoms with Crippen LogP contribution in [0.1, 0.15) is 43.2 Å². The Morgan fingerprint density at radius 1 is 0.889 bits per heavy atom. The van der Waals surface area contributed by atoms with Crippen LogP contribution < -0.4 is 10.1 Å². The van der Waals surface area contributed by atoms with Crippen LogP contribution in [-0.2, 0) is 13.2 Å². The average molecular weight is 363 g/mol. The highest BCUT2D eigenvalue weighted by molar-refractivity contribution is 5.87. The number of hydrogen-bond donors (Lipinski definition) is 1. The lowest BCUT2D eigenvalue weighted by molar-refractivity contribution is 0.294. The van der Waals surface area contributed by atoms with Gasteiger partial charge in [-0.15, -0.1) is 0 Å². The van der Waals surface area contributed by atoms with Crippen LogP contribution in [0, 0.1) is 5.82 Å². The summed E-state index contributed by atoms with van der Waals surface area (Å²) in [6, 6.07) is 19.9. The number of fused-ring (bicyclic) bond motifs is 1. The molecule has 0 saturated heterocycles. The normalized spacial score (nSPS) is 15.1. The number of rotatable bonds is 6. The zero-order chi connectivity index (χ0) is 18.5. The molecule has 0 amide bonds. The zero-order valence-corrected chi connectivity index (χ0v) is 15.6. The highest BCUT2D eigenvalue weighted by Gasteiger charge is 2.15. The molecule has 1 aliphatic carbocycles. The molecular weight excluding hydrogens is 337 g/mol. The molecule has 0 aromatic heterocycles. The van der Waals surface area contributed by atoms with Crippen molar-refractivity contribution in [3.63, 3.8) is 0 Å². The zero-order valence-electron chi connectivity index (χ0n) is 15.6. The summed E-state index contributed by atoms with van der Waals surface area (Å²) >= 11 is 0. The fourth-order valence-corrected chi connectivity index (χ4v) is 3.96. The van der Waals surface area contributed by atoms with Crippen LogP contribution in [0.2, 0.25) is 0 Å². The van der Waals surface area contributed by atoms with Gasteiger partial charge in [0.1, 0.15) is 18.2 Å². The molecule has 0 radical (unpaired) electrons. The molecule has 3 aromatic carbocycles. The second kappa shape index (κ2) is 8.53. The summed E-state index contributed by atoms with van der Waals surface area (Å²) in [5, 5.41) is 6.13. The Kier molecular flexibility index (Phi) is 5.69. The second-order valence-corrected chi connectivity index (χ2v) is 7.36. The van der Waals surface area contributed by atoms with Crippen molar-refractivity contribution in [3.8, 4) is 5.75 Å². The average Bonchev–Trinajstić information content (AvgIpc) is 2.72. The summed E-state index contributed by atoms with van der Waals surface area (Å²) in [5.41, 5.74) is 1.74. The van der Waals surface area contributed by atoms with Crippen molar-refractivity contribution in [2.24, 2.45) is 0 Å². The Balaban J connectivity index is 1.57. The Hall–Kier alpha value is -2.39. The van der Waals surface area contributed by atoms with Crippen molar-refractivity contribution in [2.45, 2.75) is 51.3 Å². The van der Waals surface area contributed by atoms with E-state index < -0.39 is 0 Å². The minimum absolute atomic E-state index is 0.222. The van der Waals surface area contributed by atoms with Gasteiger partial charge in [-0.2, -0.15) is 0 Å². The Bertz CT molecular complexity index is 902. The predicted molar refractivity (Wildman–Crippen MR) is 108 cm³/mol. The minimum Gasteiger partial charge on any atom is -0.488 e. The van der Waals surface area contributed by atoms with Crippen LogP contribution in [0.15, 0.2) is 60.7 Å². The van der Waals surface area contributed by atoms with Crippen LogP contribution in [0.5, 0.6) is 5.75 Å². The summed E-state index contributed by atoms with van der Waals surface area (Å²) in [6.45, 7) is 1.01. The Morgan fingerprint density at radius 3 is 2.52 bits per heavy atom. The van der Waals surface area contributed by atoms with Gasteiger partial charge in [-0.1, -0.05) is 67.8 Å². The molecule has 4 rings (SSSR count). The maximum absolute atomic E-state index is 13.9. The van der Waals surface area contributed by atoms with Gasteiger partial charge in [0.15, 0.2) is 0 Å². The predicted octanol–water partition coefficient (Wildman–Crippen LogP) is 5.98. The smallest absolute Gasteiger partial charge is 0.129 e. The van der Waals surface area contributed by atoms with Crippen molar-refractivity contribution in [3.05, 3.63) is 77.6 Å². The third kappa shape index (κ3) is 4.30. The highest BCUT2D eigenvalue weighted by Crippen LogP contribution is 2.29.